The van der Waals surface area contributed by atoms with E-state index in [1.165, 1.54) is 4.90 Å². The number of urea groups is 1. The molecule has 0 fully saturated rings. The van der Waals surface area contributed by atoms with E-state index >= 15 is 0 Å². The number of ether oxygens (including phenoxy) is 1. The number of anilines is 1. The minimum atomic E-state index is -0.260. The van der Waals surface area contributed by atoms with Crippen molar-refractivity contribution in [2.24, 2.45) is 4.99 Å². The van der Waals surface area contributed by atoms with Gasteiger partial charge >= 0.3 is 6.03 Å². The van der Waals surface area contributed by atoms with Gasteiger partial charge in [0.05, 0.1) is 18.3 Å². The zero-order valence-electron chi connectivity index (χ0n) is 11.5. The van der Waals surface area contributed by atoms with Crippen molar-refractivity contribution in [3.05, 3.63) is 42.7 Å². The molecule has 0 aliphatic carbocycles. The second-order valence-corrected chi connectivity index (χ2v) is 4.46. The van der Waals surface area contributed by atoms with Gasteiger partial charge < -0.3 is 10.1 Å². The number of nitrogens with zero attached hydrogens (tertiary/aromatic N) is 3. The molecular weight excluding hydrogens is 268 g/mol. The van der Waals surface area contributed by atoms with Crippen molar-refractivity contribution in [2.75, 3.05) is 19.1 Å². The van der Waals surface area contributed by atoms with Gasteiger partial charge in [-0.25, -0.2) is 4.79 Å². The third kappa shape index (κ3) is 2.69. The number of amides is 2. The van der Waals surface area contributed by atoms with Gasteiger partial charge in [0, 0.05) is 30.1 Å². The summed E-state index contributed by atoms with van der Waals surface area (Å²) in [5, 5.41) is 3.76. The number of allylic oxidation sites excluding steroid dienone is 1. The highest BCUT2D eigenvalue weighted by Crippen LogP contribution is 2.29. The van der Waals surface area contributed by atoms with E-state index in [0.717, 1.165) is 10.9 Å². The Morgan fingerprint density at radius 3 is 3.10 bits per heavy atom. The fourth-order valence-electron chi connectivity index (χ4n) is 2.07. The number of aromatic nitrogens is 1. The van der Waals surface area contributed by atoms with E-state index in [2.05, 4.69) is 15.3 Å². The zero-order valence-corrected chi connectivity index (χ0v) is 11.5. The Labute approximate surface area is 121 Å². The van der Waals surface area contributed by atoms with Crippen molar-refractivity contribution in [3.63, 3.8) is 0 Å². The van der Waals surface area contributed by atoms with Crippen LogP contribution in [0.15, 0.2) is 47.7 Å². The summed E-state index contributed by atoms with van der Waals surface area (Å²) in [6.07, 6.45) is 6.77. The summed E-state index contributed by atoms with van der Waals surface area (Å²) in [4.78, 5) is 22.0. The van der Waals surface area contributed by atoms with Crippen molar-refractivity contribution in [1.82, 2.24) is 9.88 Å². The molecule has 1 aliphatic rings. The lowest BCUT2D eigenvalue weighted by molar-refractivity contribution is 0.229. The van der Waals surface area contributed by atoms with Gasteiger partial charge in [0.25, 0.3) is 0 Å². The maximum absolute atomic E-state index is 12.2. The lowest BCUT2D eigenvalue weighted by atomic mass is 10.2. The maximum Gasteiger partial charge on any atom is 0.327 e. The minimum absolute atomic E-state index is 0.260. The Hall–Kier alpha value is -2.89. The molecular formula is C15H14N4O2. The maximum atomic E-state index is 12.2. The predicted octanol–water partition coefficient (Wildman–Crippen LogP) is 2.63. The van der Waals surface area contributed by atoms with Crippen LogP contribution in [0, 0.1) is 0 Å². The molecule has 0 unspecified atom stereocenters. The van der Waals surface area contributed by atoms with Gasteiger partial charge in [0.2, 0.25) is 0 Å². The highest BCUT2D eigenvalue weighted by Gasteiger charge is 2.14. The smallest absolute Gasteiger partial charge is 0.327 e. The molecule has 2 heterocycles. The molecule has 21 heavy (non-hydrogen) atoms. The van der Waals surface area contributed by atoms with Gasteiger partial charge in [-0.2, -0.15) is 0 Å². The lowest BCUT2D eigenvalue weighted by Gasteiger charge is -2.19. The number of benzene rings is 1. The number of rotatable bonds is 2. The highest BCUT2D eigenvalue weighted by atomic mass is 16.5. The molecule has 6 nitrogen and oxygen atoms in total. The second kappa shape index (κ2) is 5.62. The van der Waals surface area contributed by atoms with Crippen molar-refractivity contribution in [1.29, 1.82) is 0 Å². The number of hydrogen-bond donors (Lipinski definition) is 1. The standard InChI is InChI=1S/C15H14N4O2/c1-21-14-9-12-11(4-2-6-17-12)8-13(14)18-15(20)19-7-3-5-16-10-19/h2-9H,10H2,1H3,(H,18,20). The molecule has 1 aromatic heterocycles. The van der Waals surface area contributed by atoms with Crippen LogP contribution in [-0.4, -0.2) is 35.9 Å². The number of methoxy groups -OCH3 is 1. The average molecular weight is 282 g/mol. The third-order valence-corrected chi connectivity index (χ3v) is 3.12. The van der Waals surface area contributed by atoms with E-state index < -0.39 is 0 Å². The van der Waals surface area contributed by atoms with Crippen LogP contribution < -0.4 is 10.1 Å². The third-order valence-electron chi connectivity index (χ3n) is 3.12. The Bertz CT molecular complexity index is 740. The summed E-state index contributed by atoms with van der Waals surface area (Å²) < 4.78 is 5.32. The number of carbonyl (C=O) groups excluding carboxylic acids is 1. The van der Waals surface area contributed by atoms with E-state index in [0.29, 0.717) is 18.1 Å². The molecule has 0 radical (unpaired) electrons. The minimum Gasteiger partial charge on any atom is -0.494 e. The molecule has 0 saturated heterocycles. The monoisotopic (exact) mass is 282 g/mol. The van der Waals surface area contributed by atoms with Crippen molar-refractivity contribution >= 4 is 28.8 Å². The van der Waals surface area contributed by atoms with Crippen LogP contribution in [0.25, 0.3) is 10.9 Å². The van der Waals surface area contributed by atoms with E-state index in [4.69, 9.17) is 4.74 Å². The molecule has 2 amide bonds. The summed E-state index contributed by atoms with van der Waals surface area (Å²) in [7, 11) is 1.56. The van der Waals surface area contributed by atoms with E-state index in [1.54, 1.807) is 37.9 Å². The summed E-state index contributed by atoms with van der Waals surface area (Å²) in [5.41, 5.74) is 1.42. The van der Waals surface area contributed by atoms with Gasteiger partial charge in [-0.15, -0.1) is 0 Å². The average Bonchev–Trinajstić information content (AvgIpc) is 2.55. The van der Waals surface area contributed by atoms with Crippen molar-refractivity contribution in [3.8, 4) is 5.75 Å². The lowest BCUT2D eigenvalue weighted by Crippen LogP contribution is -2.31. The highest BCUT2D eigenvalue weighted by molar-refractivity contribution is 5.96. The van der Waals surface area contributed by atoms with Crippen LogP contribution in [0.5, 0.6) is 5.75 Å². The van der Waals surface area contributed by atoms with E-state index in [9.17, 15) is 4.79 Å². The number of fused-ring (bicyclic) bond motifs is 1. The molecule has 0 atom stereocenters. The first-order valence-electron chi connectivity index (χ1n) is 6.45. The molecule has 0 saturated carbocycles. The molecule has 0 bridgehead atoms. The first kappa shape index (κ1) is 13.1. The molecule has 6 heteroatoms. The quantitative estimate of drug-likeness (QED) is 0.920. The number of pyridine rings is 1. The molecule has 3 rings (SSSR count). The fourth-order valence-corrected chi connectivity index (χ4v) is 2.07. The topological polar surface area (TPSA) is 66.8 Å². The van der Waals surface area contributed by atoms with Crippen molar-refractivity contribution < 1.29 is 9.53 Å². The van der Waals surface area contributed by atoms with Gasteiger partial charge in [0.1, 0.15) is 12.4 Å². The van der Waals surface area contributed by atoms with Crippen LogP contribution in [0.1, 0.15) is 0 Å². The number of nitrogens with one attached hydrogen (secondary N) is 1. The summed E-state index contributed by atoms with van der Waals surface area (Å²) in [5.74, 6) is 0.569. The summed E-state index contributed by atoms with van der Waals surface area (Å²) >= 11 is 0. The predicted molar refractivity (Wildman–Crippen MR) is 81.7 cm³/mol. The number of hydrogen-bond acceptors (Lipinski definition) is 4. The Kier molecular flexibility index (Phi) is 3.51. The van der Waals surface area contributed by atoms with Gasteiger partial charge in [-0.1, -0.05) is 6.07 Å². The molecule has 1 aromatic carbocycles. The second-order valence-electron chi connectivity index (χ2n) is 4.46. The van der Waals surface area contributed by atoms with Crippen LogP contribution in [-0.2, 0) is 0 Å². The van der Waals surface area contributed by atoms with Crippen LogP contribution >= 0.6 is 0 Å². The zero-order chi connectivity index (χ0) is 14.7. The summed E-state index contributed by atoms with van der Waals surface area (Å²) in [6, 6.07) is 7.17. The van der Waals surface area contributed by atoms with Gasteiger partial charge in [-0.05, 0) is 18.2 Å². The number of aliphatic imine (C=N–C) groups is 1. The first-order valence-corrected chi connectivity index (χ1v) is 6.45. The molecule has 1 N–H and O–H groups in total. The molecule has 0 spiro atoms. The van der Waals surface area contributed by atoms with E-state index in [1.807, 2.05) is 18.2 Å². The summed E-state index contributed by atoms with van der Waals surface area (Å²) in [6.45, 7) is 0.305. The molecule has 1 aliphatic heterocycles. The van der Waals surface area contributed by atoms with Crippen molar-refractivity contribution in [2.45, 2.75) is 0 Å². The molecule has 2 aromatic rings. The van der Waals surface area contributed by atoms with Gasteiger partial charge in [0.15, 0.2) is 0 Å². The Morgan fingerprint density at radius 2 is 2.33 bits per heavy atom. The Balaban J connectivity index is 1.90. The van der Waals surface area contributed by atoms with Crippen LogP contribution in [0.2, 0.25) is 0 Å². The normalized spacial score (nSPS) is 13.5. The van der Waals surface area contributed by atoms with Gasteiger partial charge in [-0.3, -0.25) is 14.9 Å². The first-order chi connectivity index (χ1) is 10.3. The fraction of sp³-hybridized carbons (Fsp3) is 0.133. The number of carbonyl (C=O) groups is 1. The molecule has 106 valence electrons. The largest absolute Gasteiger partial charge is 0.494 e. The van der Waals surface area contributed by atoms with Crippen LogP contribution in [0.4, 0.5) is 10.5 Å². The Morgan fingerprint density at radius 1 is 1.43 bits per heavy atom. The SMILES string of the molecule is COc1cc2ncccc2cc1NC(=O)N1C=CC=NC1. The van der Waals surface area contributed by atoms with E-state index in [-0.39, 0.29) is 6.03 Å². The van der Waals surface area contributed by atoms with Crippen LogP contribution in [0.3, 0.4) is 0 Å².